The summed E-state index contributed by atoms with van der Waals surface area (Å²) in [7, 11) is 0. The molecule has 2 aromatic rings. The molecule has 1 heterocycles. The molecule has 0 bridgehead atoms. The van der Waals surface area contributed by atoms with E-state index in [1.165, 1.54) is 6.42 Å². The van der Waals surface area contributed by atoms with Crippen LogP contribution in [0.4, 0.5) is 5.69 Å². The molecule has 1 fully saturated rings. The third kappa shape index (κ3) is 2.89. The van der Waals surface area contributed by atoms with Crippen LogP contribution in [0.1, 0.15) is 43.6 Å². The van der Waals surface area contributed by atoms with Crippen LogP contribution in [0.25, 0.3) is 10.9 Å². The lowest BCUT2D eigenvalue weighted by molar-refractivity contribution is 0.0907. The van der Waals surface area contributed by atoms with Gasteiger partial charge in [0.1, 0.15) is 5.69 Å². The minimum Gasteiger partial charge on any atom is -0.397 e. The van der Waals surface area contributed by atoms with Crippen molar-refractivity contribution >= 4 is 22.5 Å². The number of fused-ring (bicyclic) bond motifs is 1. The standard InChI is InChI=1S/C17H23N3O/c1-10-6-11(2)8-13(7-10)19-17(21)15-9-12-4-3-5-14(18)16(12)20-15/h3-5,9-11,13,20H,6-8,18H2,1-2H3,(H,19,21). The van der Waals surface area contributed by atoms with Crippen molar-refractivity contribution in [3.8, 4) is 0 Å². The Hall–Kier alpha value is -1.97. The third-order valence-corrected chi connectivity index (χ3v) is 4.45. The van der Waals surface area contributed by atoms with Gasteiger partial charge in [-0.05, 0) is 43.2 Å². The highest BCUT2D eigenvalue weighted by Crippen LogP contribution is 2.29. The van der Waals surface area contributed by atoms with Gasteiger partial charge in [0.2, 0.25) is 0 Å². The molecule has 1 aliphatic carbocycles. The molecule has 1 amide bonds. The van der Waals surface area contributed by atoms with Gasteiger partial charge in [0.25, 0.3) is 5.91 Å². The van der Waals surface area contributed by atoms with Gasteiger partial charge in [-0.25, -0.2) is 0 Å². The quantitative estimate of drug-likeness (QED) is 0.741. The van der Waals surface area contributed by atoms with Crippen LogP contribution in [0.5, 0.6) is 0 Å². The summed E-state index contributed by atoms with van der Waals surface area (Å²) in [4.78, 5) is 15.6. The minimum absolute atomic E-state index is 0.0306. The van der Waals surface area contributed by atoms with E-state index < -0.39 is 0 Å². The fraction of sp³-hybridized carbons (Fsp3) is 0.471. The normalized spacial score (nSPS) is 25.9. The van der Waals surface area contributed by atoms with Gasteiger partial charge in [-0.1, -0.05) is 26.0 Å². The summed E-state index contributed by atoms with van der Waals surface area (Å²) in [5.74, 6) is 1.33. The summed E-state index contributed by atoms with van der Waals surface area (Å²) < 4.78 is 0. The number of amides is 1. The number of anilines is 1. The zero-order valence-corrected chi connectivity index (χ0v) is 12.6. The molecular formula is C17H23N3O. The Bertz CT molecular complexity index is 651. The summed E-state index contributed by atoms with van der Waals surface area (Å²) in [5.41, 5.74) is 8.03. The lowest BCUT2D eigenvalue weighted by Gasteiger charge is -2.31. The number of nitrogen functional groups attached to an aromatic ring is 1. The van der Waals surface area contributed by atoms with Gasteiger partial charge in [-0.2, -0.15) is 0 Å². The first-order valence-electron chi connectivity index (χ1n) is 7.71. The molecule has 0 aliphatic heterocycles. The van der Waals surface area contributed by atoms with Crippen LogP contribution >= 0.6 is 0 Å². The van der Waals surface area contributed by atoms with Crippen molar-refractivity contribution in [2.45, 2.75) is 39.2 Å². The molecule has 0 radical (unpaired) electrons. The molecule has 2 unspecified atom stereocenters. The van der Waals surface area contributed by atoms with Crippen molar-refractivity contribution in [1.29, 1.82) is 0 Å². The first kappa shape index (κ1) is 14.0. The molecule has 1 aromatic heterocycles. The Balaban J connectivity index is 1.76. The average Bonchev–Trinajstić information content (AvgIpc) is 2.83. The SMILES string of the molecule is CC1CC(C)CC(NC(=O)c2cc3cccc(N)c3[nH]2)C1. The predicted octanol–water partition coefficient (Wildman–Crippen LogP) is 3.30. The van der Waals surface area contributed by atoms with Crippen LogP contribution in [-0.4, -0.2) is 16.9 Å². The fourth-order valence-electron chi connectivity index (χ4n) is 3.63. The average molecular weight is 285 g/mol. The van der Waals surface area contributed by atoms with E-state index in [2.05, 4.69) is 24.1 Å². The van der Waals surface area contributed by atoms with Gasteiger partial charge < -0.3 is 16.0 Å². The van der Waals surface area contributed by atoms with Gasteiger partial charge in [0.05, 0.1) is 11.2 Å². The molecule has 21 heavy (non-hydrogen) atoms. The van der Waals surface area contributed by atoms with Crippen LogP contribution in [0.2, 0.25) is 0 Å². The number of rotatable bonds is 2. The number of hydrogen-bond acceptors (Lipinski definition) is 2. The monoisotopic (exact) mass is 285 g/mol. The van der Waals surface area contributed by atoms with Gasteiger partial charge in [-0.3, -0.25) is 4.79 Å². The largest absolute Gasteiger partial charge is 0.397 e. The molecule has 1 aliphatic rings. The van der Waals surface area contributed by atoms with Crippen molar-refractivity contribution in [3.63, 3.8) is 0 Å². The molecule has 1 saturated carbocycles. The molecule has 3 rings (SSSR count). The van der Waals surface area contributed by atoms with Crippen molar-refractivity contribution in [2.75, 3.05) is 5.73 Å². The Morgan fingerprint density at radius 2 is 1.95 bits per heavy atom. The number of nitrogens with two attached hydrogens (primary N) is 1. The number of carbonyl (C=O) groups is 1. The summed E-state index contributed by atoms with van der Waals surface area (Å²) in [5, 5.41) is 4.14. The zero-order valence-electron chi connectivity index (χ0n) is 12.6. The smallest absolute Gasteiger partial charge is 0.267 e. The van der Waals surface area contributed by atoms with E-state index in [9.17, 15) is 4.79 Å². The van der Waals surface area contributed by atoms with Gasteiger partial charge >= 0.3 is 0 Å². The maximum absolute atomic E-state index is 12.4. The molecule has 4 nitrogen and oxygen atoms in total. The number of hydrogen-bond donors (Lipinski definition) is 3. The maximum Gasteiger partial charge on any atom is 0.267 e. The number of carbonyl (C=O) groups excluding carboxylic acids is 1. The number of aromatic amines is 1. The maximum atomic E-state index is 12.4. The number of nitrogens with one attached hydrogen (secondary N) is 2. The second-order valence-electron chi connectivity index (χ2n) is 6.58. The highest BCUT2D eigenvalue weighted by molar-refractivity contribution is 6.00. The van der Waals surface area contributed by atoms with Crippen LogP contribution in [0, 0.1) is 11.8 Å². The molecule has 112 valence electrons. The van der Waals surface area contributed by atoms with E-state index in [1.807, 2.05) is 24.3 Å². The number of para-hydroxylation sites is 1. The van der Waals surface area contributed by atoms with Crippen molar-refractivity contribution in [1.82, 2.24) is 10.3 Å². The van der Waals surface area contributed by atoms with Gasteiger partial charge in [-0.15, -0.1) is 0 Å². The highest BCUT2D eigenvalue weighted by Gasteiger charge is 2.25. The number of aromatic nitrogens is 1. The lowest BCUT2D eigenvalue weighted by atomic mass is 9.80. The van der Waals surface area contributed by atoms with E-state index in [1.54, 1.807) is 0 Å². The van der Waals surface area contributed by atoms with Crippen LogP contribution in [-0.2, 0) is 0 Å². The molecule has 1 aromatic carbocycles. The van der Waals surface area contributed by atoms with Gasteiger partial charge in [0.15, 0.2) is 0 Å². The second-order valence-corrected chi connectivity index (χ2v) is 6.58. The molecule has 0 saturated heterocycles. The Morgan fingerprint density at radius 3 is 2.62 bits per heavy atom. The van der Waals surface area contributed by atoms with Crippen molar-refractivity contribution in [2.24, 2.45) is 11.8 Å². The first-order chi connectivity index (χ1) is 10.0. The van der Waals surface area contributed by atoms with Crippen LogP contribution in [0.15, 0.2) is 24.3 Å². The molecule has 2 atom stereocenters. The Labute approximate surface area is 125 Å². The fourth-order valence-corrected chi connectivity index (χ4v) is 3.63. The van der Waals surface area contributed by atoms with Crippen LogP contribution in [0.3, 0.4) is 0 Å². The van der Waals surface area contributed by atoms with E-state index >= 15 is 0 Å². The Morgan fingerprint density at radius 1 is 1.24 bits per heavy atom. The molecule has 4 heteroatoms. The number of H-pyrrole nitrogens is 1. The summed E-state index contributed by atoms with van der Waals surface area (Å²) in [6.07, 6.45) is 3.40. The summed E-state index contributed by atoms with van der Waals surface area (Å²) in [6, 6.07) is 7.85. The van der Waals surface area contributed by atoms with Crippen LogP contribution < -0.4 is 11.1 Å². The highest BCUT2D eigenvalue weighted by atomic mass is 16.1. The summed E-state index contributed by atoms with van der Waals surface area (Å²) in [6.45, 7) is 4.52. The van der Waals surface area contributed by atoms with Gasteiger partial charge in [0, 0.05) is 11.4 Å². The minimum atomic E-state index is -0.0306. The molecule has 0 spiro atoms. The summed E-state index contributed by atoms with van der Waals surface area (Å²) >= 11 is 0. The topological polar surface area (TPSA) is 70.9 Å². The molecular weight excluding hydrogens is 262 g/mol. The first-order valence-corrected chi connectivity index (χ1v) is 7.71. The van der Waals surface area contributed by atoms with Crippen molar-refractivity contribution in [3.05, 3.63) is 30.0 Å². The van der Waals surface area contributed by atoms with E-state index in [4.69, 9.17) is 5.73 Å². The molecule has 4 N–H and O–H groups in total. The predicted molar refractivity (Wildman–Crippen MR) is 86.1 cm³/mol. The zero-order chi connectivity index (χ0) is 15.0. The second kappa shape index (κ2) is 5.43. The third-order valence-electron chi connectivity index (χ3n) is 4.45. The van der Waals surface area contributed by atoms with E-state index in [-0.39, 0.29) is 11.9 Å². The van der Waals surface area contributed by atoms with E-state index in [0.717, 1.165) is 23.7 Å². The number of benzene rings is 1. The Kier molecular flexibility index (Phi) is 3.62. The van der Waals surface area contributed by atoms with Crippen molar-refractivity contribution < 1.29 is 4.79 Å². The lowest BCUT2D eigenvalue weighted by Crippen LogP contribution is -2.40. The van der Waals surface area contributed by atoms with E-state index in [0.29, 0.717) is 23.2 Å².